The molecular weight excluding hydrogens is 473 g/mol. The van der Waals surface area contributed by atoms with Gasteiger partial charge in [0.25, 0.3) is 0 Å². The molecule has 2 atom stereocenters. The molecule has 1 aliphatic heterocycles. The molecule has 7 nitrogen and oxygen atoms in total. The number of aromatic nitrogens is 2. The number of halogens is 1. The van der Waals surface area contributed by atoms with E-state index >= 15 is 0 Å². The number of carbonyl (C=O) groups is 1. The lowest BCUT2D eigenvalue weighted by atomic mass is 9.97. The van der Waals surface area contributed by atoms with E-state index < -0.39 is 11.4 Å². The van der Waals surface area contributed by atoms with E-state index in [0.29, 0.717) is 12.4 Å². The van der Waals surface area contributed by atoms with Crippen LogP contribution in [0.25, 0.3) is 17.3 Å². The molecule has 0 unspecified atom stereocenters. The topological polar surface area (TPSA) is 73.8 Å². The average Bonchev–Trinajstić information content (AvgIpc) is 2.75. The first kappa shape index (κ1) is 28.7. The molecule has 0 bridgehead atoms. The Morgan fingerprint density at radius 3 is 2.41 bits per heavy atom. The van der Waals surface area contributed by atoms with Crippen molar-refractivity contribution in [1.29, 1.82) is 0 Å². The predicted molar refractivity (Wildman–Crippen MR) is 144 cm³/mol. The van der Waals surface area contributed by atoms with Crippen LogP contribution in [0.2, 0.25) is 0 Å². The standard InChI is InChI=1S/C29H40FN3O4/c1-18(2)25-23(26(32-27(31-25)33(8)9)19-10-12-20(30)13-11-19)15-14-21-16-22(36-29(6,7)35-21)17-24(34)37-28(3,4)5/h10-15,18,21-22H,16-17H2,1-9H3/b15-14+/t21-,22-/m1/s1. The van der Waals surface area contributed by atoms with Crippen LogP contribution in [0.4, 0.5) is 10.3 Å². The van der Waals surface area contributed by atoms with Crippen molar-refractivity contribution in [3.8, 4) is 11.3 Å². The Hall–Kier alpha value is -2.84. The van der Waals surface area contributed by atoms with Crippen LogP contribution < -0.4 is 4.90 Å². The number of hydrogen-bond acceptors (Lipinski definition) is 7. The maximum Gasteiger partial charge on any atom is 0.308 e. The SMILES string of the molecule is CC(C)c1nc(N(C)C)nc(-c2ccc(F)cc2)c1/C=C/[C@@H]1C[C@H](CC(=O)OC(C)(C)C)OC(C)(C)O1. The predicted octanol–water partition coefficient (Wildman–Crippen LogP) is 6.13. The summed E-state index contributed by atoms with van der Waals surface area (Å²) in [5.41, 5.74) is 2.69. The molecule has 2 heterocycles. The molecular formula is C29H40FN3O4. The second kappa shape index (κ2) is 11.3. The Morgan fingerprint density at radius 2 is 1.84 bits per heavy atom. The molecule has 0 amide bonds. The largest absolute Gasteiger partial charge is 0.460 e. The molecule has 0 aliphatic carbocycles. The van der Waals surface area contributed by atoms with Crippen molar-refractivity contribution in [3.63, 3.8) is 0 Å². The summed E-state index contributed by atoms with van der Waals surface area (Å²) in [6.07, 6.45) is 3.95. The summed E-state index contributed by atoms with van der Waals surface area (Å²) in [6.45, 7) is 13.4. The van der Waals surface area contributed by atoms with Gasteiger partial charge in [-0.2, -0.15) is 0 Å². The first-order valence-corrected chi connectivity index (χ1v) is 12.7. The first-order chi connectivity index (χ1) is 17.1. The molecule has 1 fully saturated rings. The summed E-state index contributed by atoms with van der Waals surface area (Å²) in [5, 5.41) is 0. The van der Waals surface area contributed by atoms with Crippen molar-refractivity contribution in [3.05, 3.63) is 47.4 Å². The maximum absolute atomic E-state index is 13.7. The van der Waals surface area contributed by atoms with Crippen molar-refractivity contribution < 1.29 is 23.4 Å². The fourth-order valence-electron chi connectivity index (χ4n) is 4.27. The summed E-state index contributed by atoms with van der Waals surface area (Å²) in [4.78, 5) is 23.9. The third-order valence-electron chi connectivity index (χ3n) is 5.70. The molecule has 8 heteroatoms. The highest BCUT2D eigenvalue weighted by Gasteiger charge is 2.36. The van der Waals surface area contributed by atoms with Gasteiger partial charge in [0.2, 0.25) is 5.95 Å². The number of nitrogens with zero attached hydrogens (tertiary/aromatic N) is 3. The van der Waals surface area contributed by atoms with Crippen LogP contribution in [0.1, 0.15) is 78.5 Å². The zero-order valence-corrected chi connectivity index (χ0v) is 23.5. The second-order valence-electron chi connectivity index (χ2n) is 11.4. The molecule has 3 rings (SSSR count). The van der Waals surface area contributed by atoms with Crippen LogP contribution in [-0.4, -0.2) is 53.6 Å². The van der Waals surface area contributed by atoms with Crippen molar-refractivity contribution >= 4 is 18.0 Å². The summed E-state index contributed by atoms with van der Waals surface area (Å²) in [5.74, 6) is -0.771. The number of hydrogen-bond donors (Lipinski definition) is 0. The number of esters is 1. The fraction of sp³-hybridized carbons (Fsp3) is 0.552. The Labute approximate surface area is 220 Å². The number of rotatable bonds is 7. The highest BCUT2D eigenvalue weighted by Crippen LogP contribution is 2.33. The zero-order valence-electron chi connectivity index (χ0n) is 23.5. The van der Waals surface area contributed by atoms with Gasteiger partial charge in [0.15, 0.2) is 5.79 Å². The van der Waals surface area contributed by atoms with Gasteiger partial charge in [-0.25, -0.2) is 14.4 Å². The van der Waals surface area contributed by atoms with E-state index in [2.05, 4.69) is 13.8 Å². The van der Waals surface area contributed by atoms with Gasteiger partial charge in [-0.15, -0.1) is 0 Å². The van der Waals surface area contributed by atoms with Crippen LogP contribution in [0, 0.1) is 5.82 Å². The Morgan fingerprint density at radius 1 is 1.19 bits per heavy atom. The normalized spacial score (nSPS) is 19.9. The summed E-state index contributed by atoms with van der Waals surface area (Å²) < 4.78 is 31.4. The Kier molecular flexibility index (Phi) is 8.75. The van der Waals surface area contributed by atoms with Crippen LogP contribution in [0.15, 0.2) is 30.3 Å². The smallest absolute Gasteiger partial charge is 0.308 e. The van der Waals surface area contributed by atoms with Crippen LogP contribution in [-0.2, 0) is 19.0 Å². The van der Waals surface area contributed by atoms with E-state index in [-0.39, 0.29) is 36.3 Å². The lowest BCUT2D eigenvalue weighted by molar-refractivity contribution is -0.290. The van der Waals surface area contributed by atoms with E-state index in [1.165, 1.54) is 12.1 Å². The van der Waals surface area contributed by atoms with Gasteiger partial charge in [0.05, 0.1) is 30.0 Å². The van der Waals surface area contributed by atoms with Crippen LogP contribution >= 0.6 is 0 Å². The number of benzene rings is 1. The van der Waals surface area contributed by atoms with Gasteiger partial charge in [0, 0.05) is 31.6 Å². The fourth-order valence-corrected chi connectivity index (χ4v) is 4.27. The number of carbonyl (C=O) groups excluding carboxylic acids is 1. The van der Waals surface area contributed by atoms with E-state index in [9.17, 15) is 9.18 Å². The maximum atomic E-state index is 13.7. The molecule has 2 aromatic rings. The molecule has 0 N–H and O–H groups in total. The molecule has 37 heavy (non-hydrogen) atoms. The van der Waals surface area contributed by atoms with Crippen LogP contribution in [0.3, 0.4) is 0 Å². The molecule has 1 saturated heterocycles. The zero-order chi connectivity index (χ0) is 27.5. The van der Waals surface area contributed by atoms with Crippen molar-refractivity contribution in [2.75, 3.05) is 19.0 Å². The Bertz CT molecular complexity index is 1120. The highest BCUT2D eigenvalue weighted by molar-refractivity contribution is 5.75. The van der Waals surface area contributed by atoms with Crippen molar-refractivity contribution in [2.45, 2.75) is 90.8 Å². The Balaban J connectivity index is 1.97. The molecule has 0 spiro atoms. The van der Waals surface area contributed by atoms with Gasteiger partial charge < -0.3 is 19.1 Å². The lowest BCUT2D eigenvalue weighted by Crippen LogP contribution is -2.45. The van der Waals surface area contributed by atoms with Crippen LogP contribution in [0.5, 0.6) is 0 Å². The average molecular weight is 514 g/mol. The van der Waals surface area contributed by atoms with Gasteiger partial charge in [-0.3, -0.25) is 4.79 Å². The highest BCUT2D eigenvalue weighted by atomic mass is 19.1. The molecule has 0 radical (unpaired) electrons. The molecule has 0 saturated carbocycles. The van der Waals surface area contributed by atoms with Crippen molar-refractivity contribution in [2.24, 2.45) is 0 Å². The molecule has 1 aliphatic rings. The minimum absolute atomic E-state index is 0.118. The quantitative estimate of drug-likeness (QED) is 0.413. The van der Waals surface area contributed by atoms with E-state index in [1.807, 2.05) is 65.8 Å². The number of anilines is 1. The van der Waals surface area contributed by atoms with Gasteiger partial charge in [-0.1, -0.05) is 26.0 Å². The molecule has 202 valence electrons. The third kappa shape index (κ3) is 8.07. The summed E-state index contributed by atoms with van der Waals surface area (Å²) >= 11 is 0. The number of ether oxygens (including phenoxy) is 3. The minimum atomic E-state index is -0.869. The minimum Gasteiger partial charge on any atom is -0.460 e. The van der Waals surface area contributed by atoms with E-state index in [4.69, 9.17) is 24.2 Å². The second-order valence-corrected chi connectivity index (χ2v) is 11.4. The summed E-state index contributed by atoms with van der Waals surface area (Å²) in [7, 11) is 3.79. The monoisotopic (exact) mass is 513 g/mol. The summed E-state index contributed by atoms with van der Waals surface area (Å²) in [6, 6.07) is 6.31. The third-order valence-corrected chi connectivity index (χ3v) is 5.70. The van der Waals surface area contributed by atoms with Gasteiger partial charge in [-0.05, 0) is 64.8 Å². The first-order valence-electron chi connectivity index (χ1n) is 12.7. The van der Waals surface area contributed by atoms with Gasteiger partial charge in [0.1, 0.15) is 11.4 Å². The lowest BCUT2D eigenvalue weighted by Gasteiger charge is -2.39. The van der Waals surface area contributed by atoms with Crippen molar-refractivity contribution in [1.82, 2.24) is 9.97 Å². The van der Waals surface area contributed by atoms with Gasteiger partial charge >= 0.3 is 5.97 Å². The molecule has 1 aromatic heterocycles. The van der Waals surface area contributed by atoms with E-state index in [1.54, 1.807) is 12.1 Å². The van der Waals surface area contributed by atoms with E-state index in [0.717, 1.165) is 22.5 Å². The molecule has 1 aromatic carbocycles.